The molecule has 1 aromatic heterocycles. The highest BCUT2D eigenvalue weighted by atomic mass is 16.5. The van der Waals surface area contributed by atoms with Gasteiger partial charge in [-0.3, -0.25) is 4.99 Å². The lowest BCUT2D eigenvalue weighted by atomic mass is 10.2. The molecule has 0 unspecified atom stereocenters. The molecule has 0 bridgehead atoms. The number of ether oxygens (including phenoxy) is 1. The van der Waals surface area contributed by atoms with Gasteiger partial charge in [0.2, 0.25) is 5.89 Å². The number of aromatic nitrogens is 2. The van der Waals surface area contributed by atoms with Crippen LogP contribution in [0.1, 0.15) is 37.9 Å². The van der Waals surface area contributed by atoms with Crippen LogP contribution < -0.4 is 15.4 Å². The molecule has 0 amide bonds. The molecule has 0 atom stereocenters. The second kappa shape index (κ2) is 10.3. The van der Waals surface area contributed by atoms with E-state index >= 15 is 0 Å². The number of benzene rings is 1. The molecule has 0 aliphatic carbocycles. The average molecular weight is 345 g/mol. The fraction of sp³-hybridized carbons (Fsp3) is 0.500. The largest absolute Gasteiger partial charge is 0.492 e. The molecule has 1 heterocycles. The Kier molecular flexibility index (Phi) is 7.75. The molecule has 2 aromatic rings. The van der Waals surface area contributed by atoms with E-state index in [1.54, 1.807) is 7.05 Å². The van der Waals surface area contributed by atoms with Crippen molar-refractivity contribution in [3.63, 3.8) is 0 Å². The first kappa shape index (κ1) is 18.8. The highest BCUT2D eigenvalue weighted by molar-refractivity contribution is 5.79. The van der Waals surface area contributed by atoms with Crippen LogP contribution in [0.5, 0.6) is 5.75 Å². The van der Waals surface area contributed by atoms with E-state index in [-0.39, 0.29) is 5.92 Å². The zero-order chi connectivity index (χ0) is 17.9. The molecule has 7 heteroatoms. The maximum atomic E-state index is 5.63. The van der Waals surface area contributed by atoms with Gasteiger partial charge in [0.25, 0.3) is 0 Å². The van der Waals surface area contributed by atoms with Gasteiger partial charge in [-0.1, -0.05) is 37.2 Å². The number of hydrogen-bond acceptors (Lipinski definition) is 5. The summed E-state index contributed by atoms with van der Waals surface area (Å²) in [5.41, 5.74) is 0. The standard InChI is InChI=1S/C18H27N5O2/c1-14(2)17-22-16(25-23-17)10-7-11-20-18(19-3)21-12-13-24-15-8-5-4-6-9-15/h4-6,8-9,14H,7,10-13H2,1-3H3,(H2,19,20,21). The molecule has 0 saturated heterocycles. The van der Waals surface area contributed by atoms with Crippen LogP contribution in [0.25, 0.3) is 0 Å². The van der Waals surface area contributed by atoms with Gasteiger partial charge in [-0.15, -0.1) is 0 Å². The molecule has 136 valence electrons. The van der Waals surface area contributed by atoms with Crippen molar-refractivity contribution in [3.05, 3.63) is 42.0 Å². The van der Waals surface area contributed by atoms with Gasteiger partial charge in [0, 0.05) is 25.9 Å². The fourth-order valence-corrected chi connectivity index (χ4v) is 2.13. The number of aliphatic imine (C=N–C) groups is 1. The van der Waals surface area contributed by atoms with Crippen LogP contribution in [0.3, 0.4) is 0 Å². The zero-order valence-electron chi connectivity index (χ0n) is 15.2. The number of rotatable bonds is 9. The highest BCUT2D eigenvalue weighted by Gasteiger charge is 2.09. The lowest BCUT2D eigenvalue weighted by Gasteiger charge is -2.12. The lowest BCUT2D eigenvalue weighted by molar-refractivity contribution is 0.322. The maximum absolute atomic E-state index is 5.63. The van der Waals surface area contributed by atoms with E-state index in [1.165, 1.54) is 0 Å². The summed E-state index contributed by atoms with van der Waals surface area (Å²) in [6.07, 6.45) is 1.64. The van der Waals surface area contributed by atoms with E-state index in [9.17, 15) is 0 Å². The summed E-state index contributed by atoms with van der Waals surface area (Å²) in [5.74, 6) is 3.36. The summed E-state index contributed by atoms with van der Waals surface area (Å²) >= 11 is 0. The number of guanidine groups is 1. The van der Waals surface area contributed by atoms with E-state index in [0.29, 0.717) is 19.0 Å². The molecule has 0 aliphatic rings. The summed E-state index contributed by atoms with van der Waals surface area (Å²) in [6.45, 7) is 6.12. The van der Waals surface area contributed by atoms with E-state index in [2.05, 4.69) is 25.8 Å². The number of nitrogens with zero attached hydrogens (tertiary/aromatic N) is 3. The smallest absolute Gasteiger partial charge is 0.226 e. The van der Waals surface area contributed by atoms with Gasteiger partial charge in [0.1, 0.15) is 12.4 Å². The Morgan fingerprint density at radius 3 is 2.64 bits per heavy atom. The Labute approximate surface area is 148 Å². The molecule has 0 spiro atoms. The van der Waals surface area contributed by atoms with Gasteiger partial charge >= 0.3 is 0 Å². The van der Waals surface area contributed by atoms with Gasteiger partial charge in [-0.25, -0.2) is 0 Å². The van der Waals surface area contributed by atoms with E-state index in [4.69, 9.17) is 9.26 Å². The van der Waals surface area contributed by atoms with Gasteiger partial charge in [0.15, 0.2) is 11.8 Å². The molecule has 0 aliphatic heterocycles. The molecule has 2 rings (SSSR count). The van der Waals surface area contributed by atoms with E-state index in [0.717, 1.165) is 36.9 Å². The van der Waals surface area contributed by atoms with Crippen LogP contribution in [0.2, 0.25) is 0 Å². The molecule has 25 heavy (non-hydrogen) atoms. The van der Waals surface area contributed by atoms with Crippen LogP contribution in [0.15, 0.2) is 39.8 Å². The van der Waals surface area contributed by atoms with Crippen molar-refractivity contribution < 1.29 is 9.26 Å². The third-order valence-corrected chi connectivity index (χ3v) is 3.49. The van der Waals surface area contributed by atoms with Crippen molar-refractivity contribution in [2.24, 2.45) is 4.99 Å². The number of aryl methyl sites for hydroxylation is 1. The number of hydrogen-bond donors (Lipinski definition) is 2. The van der Waals surface area contributed by atoms with Crippen molar-refractivity contribution in [1.82, 2.24) is 20.8 Å². The summed E-state index contributed by atoms with van der Waals surface area (Å²) < 4.78 is 10.9. The van der Waals surface area contributed by atoms with Crippen LogP contribution in [-0.2, 0) is 6.42 Å². The Hall–Kier alpha value is -2.57. The summed E-state index contributed by atoms with van der Waals surface area (Å²) in [5, 5.41) is 10.4. The first-order valence-corrected chi connectivity index (χ1v) is 8.64. The van der Waals surface area contributed by atoms with Crippen molar-refractivity contribution in [2.75, 3.05) is 26.7 Å². The second-order valence-corrected chi connectivity index (χ2v) is 5.89. The van der Waals surface area contributed by atoms with Crippen LogP contribution in [0, 0.1) is 0 Å². The molecule has 0 radical (unpaired) electrons. The Morgan fingerprint density at radius 2 is 1.96 bits per heavy atom. The molecule has 7 nitrogen and oxygen atoms in total. The second-order valence-electron chi connectivity index (χ2n) is 5.89. The summed E-state index contributed by atoms with van der Waals surface area (Å²) in [7, 11) is 1.75. The van der Waals surface area contributed by atoms with Crippen LogP contribution >= 0.6 is 0 Å². The first-order valence-electron chi connectivity index (χ1n) is 8.64. The molecular formula is C18H27N5O2. The maximum Gasteiger partial charge on any atom is 0.226 e. The molecular weight excluding hydrogens is 318 g/mol. The fourth-order valence-electron chi connectivity index (χ4n) is 2.13. The number of para-hydroxylation sites is 1. The Bertz CT molecular complexity index is 640. The predicted octanol–water partition coefficient (Wildman–Crippen LogP) is 2.37. The van der Waals surface area contributed by atoms with Gasteiger partial charge in [-0.05, 0) is 18.6 Å². The Morgan fingerprint density at radius 1 is 1.20 bits per heavy atom. The zero-order valence-corrected chi connectivity index (χ0v) is 15.2. The van der Waals surface area contributed by atoms with E-state index in [1.807, 2.05) is 44.2 Å². The third-order valence-electron chi connectivity index (χ3n) is 3.49. The van der Waals surface area contributed by atoms with Crippen molar-refractivity contribution >= 4 is 5.96 Å². The van der Waals surface area contributed by atoms with Crippen LogP contribution in [-0.4, -0.2) is 42.8 Å². The molecule has 0 fully saturated rings. The molecule has 0 saturated carbocycles. The molecule has 2 N–H and O–H groups in total. The van der Waals surface area contributed by atoms with Gasteiger partial charge in [0.05, 0.1) is 6.54 Å². The minimum atomic E-state index is 0.289. The predicted molar refractivity (Wildman–Crippen MR) is 98.0 cm³/mol. The average Bonchev–Trinajstić information content (AvgIpc) is 3.10. The van der Waals surface area contributed by atoms with Crippen LogP contribution in [0.4, 0.5) is 0 Å². The van der Waals surface area contributed by atoms with Crippen molar-refractivity contribution in [3.8, 4) is 5.75 Å². The monoisotopic (exact) mass is 345 g/mol. The minimum absolute atomic E-state index is 0.289. The van der Waals surface area contributed by atoms with Crippen molar-refractivity contribution in [2.45, 2.75) is 32.6 Å². The summed E-state index contributed by atoms with van der Waals surface area (Å²) in [6, 6.07) is 9.76. The normalized spacial score (nSPS) is 11.6. The SMILES string of the molecule is CN=C(NCCCc1nc(C(C)C)no1)NCCOc1ccccc1. The van der Waals surface area contributed by atoms with Gasteiger partial charge < -0.3 is 19.9 Å². The minimum Gasteiger partial charge on any atom is -0.492 e. The first-order chi connectivity index (χ1) is 12.2. The van der Waals surface area contributed by atoms with Crippen molar-refractivity contribution in [1.29, 1.82) is 0 Å². The lowest BCUT2D eigenvalue weighted by Crippen LogP contribution is -2.39. The highest BCUT2D eigenvalue weighted by Crippen LogP contribution is 2.10. The third kappa shape index (κ3) is 6.82. The quantitative estimate of drug-likeness (QED) is 0.412. The Balaban J connectivity index is 1.58. The summed E-state index contributed by atoms with van der Waals surface area (Å²) in [4.78, 5) is 8.56. The number of nitrogens with one attached hydrogen (secondary N) is 2. The van der Waals surface area contributed by atoms with Gasteiger partial charge in [-0.2, -0.15) is 4.98 Å². The molecule has 1 aromatic carbocycles. The topological polar surface area (TPSA) is 84.6 Å². The van der Waals surface area contributed by atoms with E-state index < -0.39 is 0 Å².